The fourth-order valence-electron chi connectivity index (χ4n) is 3.79. The maximum Gasteiger partial charge on any atom is 0.339 e. The van der Waals surface area contributed by atoms with E-state index in [-0.39, 0.29) is 5.56 Å². The van der Waals surface area contributed by atoms with Crippen molar-refractivity contribution in [2.45, 2.75) is 38.4 Å². The molecule has 1 aliphatic rings. The number of fused-ring (bicyclic) bond motifs is 1. The number of aromatic carboxylic acids is 1. The van der Waals surface area contributed by atoms with E-state index in [0.717, 1.165) is 54.2 Å². The number of hydrogen-bond acceptors (Lipinski definition) is 3. The summed E-state index contributed by atoms with van der Waals surface area (Å²) >= 11 is 0. The van der Waals surface area contributed by atoms with Gasteiger partial charge < -0.3 is 14.6 Å². The van der Waals surface area contributed by atoms with Crippen LogP contribution < -0.4 is 4.74 Å². The number of benzene rings is 3. The fourth-order valence-corrected chi connectivity index (χ4v) is 3.79. The highest BCUT2D eigenvalue weighted by Gasteiger charge is 2.17. The molecule has 4 rings (SSSR count). The molecule has 1 heterocycles. The highest BCUT2D eigenvalue weighted by Crippen LogP contribution is 2.26. The van der Waals surface area contributed by atoms with Crippen molar-refractivity contribution in [1.82, 2.24) is 0 Å². The highest BCUT2D eigenvalue weighted by molar-refractivity contribution is 5.91. The third kappa shape index (κ3) is 4.18. The predicted octanol–water partition coefficient (Wildman–Crippen LogP) is 5.23. The van der Waals surface area contributed by atoms with E-state index in [1.165, 1.54) is 0 Å². The summed E-state index contributed by atoms with van der Waals surface area (Å²) < 4.78 is 11.7. The largest absolute Gasteiger partial charge is 0.488 e. The summed E-state index contributed by atoms with van der Waals surface area (Å²) in [7, 11) is 0. The third-order valence-corrected chi connectivity index (χ3v) is 5.32. The molecule has 3 aromatic rings. The Morgan fingerprint density at radius 1 is 1.11 bits per heavy atom. The molecule has 144 valence electrons. The highest BCUT2D eigenvalue weighted by atomic mass is 16.5. The van der Waals surface area contributed by atoms with E-state index < -0.39 is 5.97 Å². The first-order valence-electron chi connectivity index (χ1n) is 9.78. The van der Waals surface area contributed by atoms with Gasteiger partial charge in [0.1, 0.15) is 17.9 Å². The lowest BCUT2D eigenvalue weighted by atomic mass is 10.0. The Kier molecular flexibility index (Phi) is 5.58. The standard InChI is InChI=1S/C24H24O4/c25-24(26)22-13-11-17(10-12-20-8-4-14-27-20)15-23(22)28-16-19-7-3-6-18-5-1-2-9-21(18)19/h1-3,5-7,9,11,13,15,20H,4,8,10,12,14,16H2,(H,25,26). The van der Waals surface area contributed by atoms with Gasteiger partial charge in [0, 0.05) is 6.61 Å². The Bertz CT molecular complexity index is 968. The number of carbonyl (C=O) groups is 1. The van der Waals surface area contributed by atoms with Crippen molar-refractivity contribution in [3.8, 4) is 5.75 Å². The van der Waals surface area contributed by atoms with E-state index in [4.69, 9.17) is 9.47 Å². The van der Waals surface area contributed by atoms with Gasteiger partial charge in [-0.25, -0.2) is 4.79 Å². The van der Waals surface area contributed by atoms with Crippen LogP contribution in [-0.4, -0.2) is 23.8 Å². The molecule has 1 unspecified atom stereocenters. The van der Waals surface area contributed by atoms with Gasteiger partial charge in [0.2, 0.25) is 0 Å². The van der Waals surface area contributed by atoms with Crippen LogP contribution in [0.1, 0.15) is 40.7 Å². The lowest BCUT2D eigenvalue weighted by Crippen LogP contribution is -2.07. The van der Waals surface area contributed by atoms with Crippen molar-refractivity contribution in [2.75, 3.05) is 6.61 Å². The minimum Gasteiger partial charge on any atom is -0.488 e. The average molecular weight is 376 g/mol. The Hall–Kier alpha value is -2.85. The summed E-state index contributed by atoms with van der Waals surface area (Å²) in [6, 6.07) is 19.6. The smallest absolute Gasteiger partial charge is 0.339 e. The van der Waals surface area contributed by atoms with Gasteiger partial charge in [-0.05, 0) is 59.7 Å². The van der Waals surface area contributed by atoms with Gasteiger partial charge in [0.25, 0.3) is 0 Å². The van der Waals surface area contributed by atoms with Crippen molar-refractivity contribution in [3.05, 3.63) is 77.4 Å². The molecular weight excluding hydrogens is 352 g/mol. The lowest BCUT2D eigenvalue weighted by Gasteiger charge is -2.14. The molecule has 0 radical (unpaired) electrons. The molecular formula is C24H24O4. The molecule has 0 bridgehead atoms. The zero-order valence-electron chi connectivity index (χ0n) is 15.8. The van der Waals surface area contributed by atoms with Crippen molar-refractivity contribution in [1.29, 1.82) is 0 Å². The molecule has 0 amide bonds. The second-order valence-electron chi connectivity index (χ2n) is 7.24. The zero-order valence-corrected chi connectivity index (χ0v) is 15.8. The molecule has 0 saturated carbocycles. The van der Waals surface area contributed by atoms with E-state index in [9.17, 15) is 9.90 Å². The Morgan fingerprint density at radius 3 is 2.79 bits per heavy atom. The van der Waals surface area contributed by atoms with E-state index in [2.05, 4.69) is 18.2 Å². The molecule has 4 nitrogen and oxygen atoms in total. The molecule has 28 heavy (non-hydrogen) atoms. The van der Waals surface area contributed by atoms with E-state index in [0.29, 0.717) is 18.5 Å². The quantitative estimate of drug-likeness (QED) is 0.613. The molecule has 1 N–H and O–H groups in total. The first-order valence-corrected chi connectivity index (χ1v) is 9.78. The number of carboxylic acids is 1. The van der Waals surface area contributed by atoms with Crippen LogP contribution in [0.3, 0.4) is 0 Å². The molecule has 0 aliphatic carbocycles. The van der Waals surface area contributed by atoms with Crippen LogP contribution in [0.2, 0.25) is 0 Å². The molecule has 4 heteroatoms. The molecule has 1 atom stereocenters. The normalized spacial score (nSPS) is 16.4. The van der Waals surface area contributed by atoms with Gasteiger partial charge >= 0.3 is 5.97 Å². The first kappa shape index (κ1) is 18.5. The van der Waals surface area contributed by atoms with Gasteiger partial charge in [0.15, 0.2) is 0 Å². The minimum absolute atomic E-state index is 0.195. The van der Waals surface area contributed by atoms with Crippen molar-refractivity contribution in [3.63, 3.8) is 0 Å². The maximum atomic E-state index is 11.6. The molecule has 1 saturated heterocycles. The Labute approximate surface area is 164 Å². The van der Waals surface area contributed by atoms with Crippen LogP contribution in [0, 0.1) is 0 Å². The summed E-state index contributed by atoms with van der Waals surface area (Å²) in [4.78, 5) is 11.6. The second-order valence-corrected chi connectivity index (χ2v) is 7.24. The molecule has 3 aromatic carbocycles. The molecule has 0 aromatic heterocycles. The van der Waals surface area contributed by atoms with Crippen LogP contribution in [0.5, 0.6) is 5.75 Å². The molecule has 0 spiro atoms. The van der Waals surface area contributed by atoms with Gasteiger partial charge in [-0.1, -0.05) is 48.5 Å². The Morgan fingerprint density at radius 2 is 1.96 bits per heavy atom. The fraction of sp³-hybridized carbons (Fsp3) is 0.292. The molecule has 1 aliphatic heterocycles. The topological polar surface area (TPSA) is 55.8 Å². The second kappa shape index (κ2) is 8.44. The zero-order chi connectivity index (χ0) is 19.3. The van der Waals surface area contributed by atoms with Crippen LogP contribution in [-0.2, 0) is 17.8 Å². The van der Waals surface area contributed by atoms with Crippen molar-refractivity contribution < 1.29 is 19.4 Å². The molecule has 1 fully saturated rings. The van der Waals surface area contributed by atoms with Crippen LogP contribution in [0.25, 0.3) is 10.8 Å². The summed E-state index contributed by atoms with van der Waals surface area (Å²) in [6.07, 6.45) is 4.36. The number of aryl methyl sites for hydroxylation is 1. The number of hydrogen-bond donors (Lipinski definition) is 1. The van der Waals surface area contributed by atoms with Crippen molar-refractivity contribution >= 4 is 16.7 Å². The number of ether oxygens (including phenoxy) is 2. The van der Waals surface area contributed by atoms with E-state index in [1.807, 2.05) is 36.4 Å². The van der Waals surface area contributed by atoms with Crippen LogP contribution in [0.4, 0.5) is 0 Å². The summed E-state index contributed by atoms with van der Waals surface area (Å²) in [6.45, 7) is 1.18. The van der Waals surface area contributed by atoms with Gasteiger partial charge in [-0.2, -0.15) is 0 Å². The van der Waals surface area contributed by atoms with Crippen molar-refractivity contribution in [2.24, 2.45) is 0 Å². The number of rotatable bonds is 7. The summed E-state index contributed by atoms with van der Waals surface area (Å²) in [5, 5.41) is 11.8. The SMILES string of the molecule is O=C(O)c1ccc(CCC2CCCO2)cc1OCc1cccc2ccccc12. The van der Waals surface area contributed by atoms with Gasteiger partial charge in [-0.3, -0.25) is 0 Å². The summed E-state index contributed by atoms with van der Waals surface area (Å²) in [5.74, 6) is -0.552. The van der Waals surface area contributed by atoms with E-state index >= 15 is 0 Å². The predicted molar refractivity (Wildman–Crippen MR) is 109 cm³/mol. The maximum absolute atomic E-state index is 11.6. The van der Waals surface area contributed by atoms with Gasteiger partial charge in [-0.15, -0.1) is 0 Å². The van der Waals surface area contributed by atoms with Crippen LogP contribution in [0.15, 0.2) is 60.7 Å². The minimum atomic E-state index is -0.974. The van der Waals surface area contributed by atoms with E-state index in [1.54, 1.807) is 6.07 Å². The Balaban J connectivity index is 1.52. The lowest BCUT2D eigenvalue weighted by molar-refractivity contribution is 0.0691. The monoisotopic (exact) mass is 376 g/mol. The first-order chi connectivity index (χ1) is 13.7. The summed E-state index contributed by atoms with van der Waals surface area (Å²) in [5.41, 5.74) is 2.31. The van der Waals surface area contributed by atoms with Crippen LogP contribution >= 0.6 is 0 Å². The average Bonchev–Trinajstić information content (AvgIpc) is 3.24. The number of carboxylic acid groups (broad SMARTS) is 1. The van der Waals surface area contributed by atoms with Gasteiger partial charge in [0.05, 0.1) is 6.10 Å². The third-order valence-electron chi connectivity index (χ3n) is 5.32.